The van der Waals surface area contributed by atoms with E-state index in [4.69, 9.17) is 4.84 Å². The van der Waals surface area contributed by atoms with Crippen LogP contribution in [0.5, 0.6) is 0 Å². The molecule has 1 aromatic heterocycles. The van der Waals surface area contributed by atoms with Crippen LogP contribution in [-0.4, -0.2) is 16.8 Å². The highest BCUT2D eigenvalue weighted by atomic mass is 16.6. The lowest BCUT2D eigenvalue weighted by atomic mass is 10.5. The molecule has 0 atom stereocenters. The van der Waals surface area contributed by atoms with Crippen molar-refractivity contribution in [2.24, 2.45) is 0 Å². The van der Waals surface area contributed by atoms with Crippen LogP contribution in [-0.2, 0) is 0 Å². The summed E-state index contributed by atoms with van der Waals surface area (Å²) in [7, 11) is 1.58. The maximum absolute atomic E-state index is 4.80. The van der Waals surface area contributed by atoms with Gasteiger partial charge in [-0.3, -0.25) is 0 Å². The van der Waals surface area contributed by atoms with E-state index in [0.717, 1.165) is 5.69 Å². The van der Waals surface area contributed by atoms with Gasteiger partial charge >= 0.3 is 0 Å². The van der Waals surface area contributed by atoms with Gasteiger partial charge in [-0.1, -0.05) is 6.58 Å². The van der Waals surface area contributed by atoms with Crippen molar-refractivity contribution in [2.45, 2.75) is 0 Å². The Kier molecular flexibility index (Phi) is 1.53. The average molecular weight is 124 g/mol. The van der Waals surface area contributed by atoms with Crippen LogP contribution in [0.2, 0.25) is 0 Å². The van der Waals surface area contributed by atoms with Gasteiger partial charge in [0.1, 0.15) is 13.4 Å². The third-order valence-corrected chi connectivity index (χ3v) is 1.00. The highest BCUT2D eigenvalue weighted by Gasteiger charge is 1.89. The Morgan fingerprint density at radius 3 is 3.00 bits per heavy atom. The minimum Gasteiger partial charge on any atom is -0.416 e. The fourth-order valence-electron chi connectivity index (χ4n) is 0.526. The maximum atomic E-state index is 4.80. The Labute approximate surface area is 53.5 Å². The number of imidazole rings is 1. The lowest BCUT2D eigenvalue weighted by Crippen LogP contribution is -2.00. The highest BCUT2D eigenvalue weighted by molar-refractivity contribution is 5.39. The second kappa shape index (κ2) is 2.35. The maximum Gasteiger partial charge on any atom is 0.132 e. The summed E-state index contributed by atoms with van der Waals surface area (Å²) in [6.45, 7) is 3.55. The van der Waals surface area contributed by atoms with Gasteiger partial charge in [-0.2, -0.15) is 4.73 Å². The molecule has 0 saturated carbocycles. The van der Waals surface area contributed by atoms with E-state index < -0.39 is 0 Å². The Bertz CT molecular complexity index is 205. The molecule has 0 amide bonds. The van der Waals surface area contributed by atoms with E-state index in [0.29, 0.717) is 0 Å². The van der Waals surface area contributed by atoms with Gasteiger partial charge in [-0.15, -0.1) is 0 Å². The van der Waals surface area contributed by atoms with Gasteiger partial charge in [-0.05, 0) is 6.08 Å². The average Bonchev–Trinajstić information content (AvgIpc) is 2.34. The summed E-state index contributed by atoms with van der Waals surface area (Å²) < 4.78 is 1.51. The van der Waals surface area contributed by atoms with Gasteiger partial charge in [0.2, 0.25) is 0 Å². The van der Waals surface area contributed by atoms with E-state index in [1.165, 1.54) is 4.73 Å². The molecular weight excluding hydrogens is 116 g/mol. The predicted molar refractivity (Wildman–Crippen MR) is 34.8 cm³/mol. The zero-order chi connectivity index (χ0) is 6.69. The van der Waals surface area contributed by atoms with Crippen molar-refractivity contribution in [1.82, 2.24) is 9.71 Å². The van der Waals surface area contributed by atoms with Gasteiger partial charge in [0.25, 0.3) is 0 Å². The molecule has 48 valence electrons. The van der Waals surface area contributed by atoms with Crippen molar-refractivity contribution >= 4 is 6.08 Å². The molecule has 0 aromatic carbocycles. The molecule has 3 heteroatoms. The summed E-state index contributed by atoms with van der Waals surface area (Å²) in [4.78, 5) is 8.73. The normalized spacial score (nSPS) is 9.00. The molecule has 0 aliphatic carbocycles. The summed E-state index contributed by atoms with van der Waals surface area (Å²) >= 11 is 0. The first-order chi connectivity index (χ1) is 4.36. The van der Waals surface area contributed by atoms with Crippen LogP contribution in [0.15, 0.2) is 19.1 Å². The Balaban J connectivity index is 2.86. The molecule has 0 radical (unpaired) electrons. The topological polar surface area (TPSA) is 27.1 Å². The fraction of sp³-hybridized carbons (Fsp3) is 0.167. The first-order valence-electron chi connectivity index (χ1n) is 2.57. The molecule has 0 aliphatic heterocycles. The van der Waals surface area contributed by atoms with Crippen molar-refractivity contribution in [3.8, 4) is 0 Å². The molecule has 9 heavy (non-hydrogen) atoms. The molecule has 0 saturated heterocycles. The van der Waals surface area contributed by atoms with E-state index in [1.807, 2.05) is 0 Å². The number of aromatic nitrogens is 2. The van der Waals surface area contributed by atoms with E-state index >= 15 is 0 Å². The summed E-state index contributed by atoms with van der Waals surface area (Å²) in [5.41, 5.74) is 0.817. The van der Waals surface area contributed by atoms with Gasteiger partial charge in [-0.25, -0.2) is 4.98 Å². The molecule has 1 rings (SSSR count). The van der Waals surface area contributed by atoms with Crippen molar-refractivity contribution in [2.75, 3.05) is 7.11 Å². The van der Waals surface area contributed by atoms with Crippen LogP contribution < -0.4 is 4.84 Å². The molecule has 0 spiro atoms. The third kappa shape index (κ3) is 1.10. The molecule has 1 aromatic rings. The van der Waals surface area contributed by atoms with E-state index in [9.17, 15) is 0 Å². The van der Waals surface area contributed by atoms with Gasteiger partial charge < -0.3 is 4.84 Å². The van der Waals surface area contributed by atoms with E-state index in [2.05, 4.69) is 11.6 Å². The standard InChI is InChI=1S/C6H8N2O/c1-3-6-4-8(9-2)5-7-6/h3-5H,1H2,2H3. The zero-order valence-electron chi connectivity index (χ0n) is 5.24. The SMILES string of the molecule is C=Cc1cn(OC)cn1. The van der Waals surface area contributed by atoms with Gasteiger partial charge in [0.05, 0.1) is 11.9 Å². The Morgan fingerprint density at radius 2 is 2.67 bits per heavy atom. The minimum absolute atomic E-state index is 0.817. The van der Waals surface area contributed by atoms with Crippen LogP contribution in [0.3, 0.4) is 0 Å². The van der Waals surface area contributed by atoms with Crippen LogP contribution >= 0.6 is 0 Å². The molecule has 1 heterocycles. The van der Waals surface area contributed by atoms with Crippen LogP contribution in [0.1, 0.15) is 5.69 Å². The number of hydrogen-bond donors (Lipinski definition) is 0. The van der Waals surface area contributed by atoms with Crippen LogP contribution in [0.25, 0.3) is 6.08 Å². The van der Waals surface area contributed by atoms with Crippen molar-refractivity contribution in [3.05, 3.63) is 24.8 Å². The largest absolute Gasteiger partial charge is 0.416 e. The first kappa shape index (κ1) is 5.88. The number of rotatable bonds is 2. The first-order valence-corrected chi connectivity index (χ1v) is 2.57. The Morgan fingerprint density at radius 1 is 1.89 bits per heavy atom. The van der Waals surface area contributed by atoms with Gasteiger partial charge in [0, 0.05) is 0 Å². The molecule has 0 aliphatic rings. The third-order valence-electron chi connectivity index (χ3n) is 1.00. The smallest absolute Gasteiger partial charge is 0.132 e. The lowest BCUT2D eigenvalue weighted by molar-refractivity contribution is 0.166. The van der Waals surface area contributed by atoms with E-state index in [-0.39, 0.29) is 0 Å². The molecule has 0 bridgehead atoms. The fourth-order valence-corrected chi connectivity index (χ4v) is 0.526. The molecule has 3 nitrogen and oxygen atoms in total. The summed E-state index contributed by atoms with van der Waals surface area (Å²) in [5.74, 6) is 0. The number of nitrogens with zero attached hydrogens (tertiary/aromatic N) is 2. The van der Waals surface area contributed by atoms with Crippen LogP contribution in [0.4, 0.5) is 0 Å². The van der Waals surface area contributed by atoms with Crippen LogP contribution in [0, 0.1) is 0 Å². The Hall–Kier alpha value is -1.25. The van der Waals surface area contributed by atoms with Crippen molar-refractivity contribution < 1.29 is 4.84 Å². The van der Waals surface area contributed by atoms with Crippen molar-refractivity contribution in [3.63, 3.8) is 0 Å². The highest BCUT2D eigenvalue weighted by Crippen LogP contribution is 1.93. The lowest BCUT2D eigenvalue weighted by Gasteiger charge is -1.93. The zero-order valence-corrected chi connectivity index (χ0v) is 5.24. The second-order valence-electron chi connectivity index (χ2n) is 1.55. The summed E-state index contributed by atoms with van der Waals surface area (Å²) in [5, 5.41) is 0. The second-order valence-corrected chi connectivity index (χ2v) is 1.55. The minimum atomic E-state index is 0.817. The summed E-state index contributed by atoms with van der Waals surface area (Å²) in [6, 6.07) is 0. The quantitative estimate of drug-likeness (QED) is 0.576. The van der Waals surface area contributed by atoms with Gasteiger partial charge in [0.15, 0.2) is 0 Å². The monoisotopic (exact) mass is 124 g/mol. The number of hydrogen-bond acceptors (Lipinski definition) is 2. The van der Waals surface area contributed by atoms with E-state index in [1.54, 1.807) is 25.7 Å². The molecule has 0 N–H and O–H groups in total. The molecular formula is C6H8N2O. The van der Waals surface area contributed by atoms with Crippen molar-refractivity contribution in [1.29, 1.82) is 0 Å². The molecule has 0 unspecified atom stereocenters. The summed E-state index contributed by atoms with van der Waals surface area (Å²) in [6.07, 6.45) is 4.99. The predicted octanol–water partition coefficient (Wildman–Crippen LogP) is 0.585. The molecule has 0 fully saturated rings.